The number of hydrogen-bond donors (Lipinski definition) is 1. The number of rotatable bonds is 4. The zero-order valence-corrected chi connectivity index (χ0v) is 14.1. The van der Waals surface area contributed by atoms with Crippen LogP contribution in [0.2, 0.25) is 5.02 Å². The van der Waals surface area contributed by atoms with E-state index in [1.165, 1.54) is 27.8 Å². The maximum absolute atomic E-state index is 6.41. The highest BCUT2D eigenvalue weighted by atomic mass is 35.5. The summed E-state index contributed by atoms with van der Waals surface area (Å²) in [5.74, 6) is 0. The van der Waals surface area contributed by atoms with Gasteiger partial charge in [-0.2, -0.15) is 0 Å². The number of benzene rings is 2. The van der Waals surface area contributed by atoms with Crippen LogP contribution in [-0.2, 0) is 13.0 Å². The average molecular weight is 322 g/mol. The van der Waals surface area contributed by atoms with Crippen LogP contribution >= 0.6 is 11.6 Å². The first kappa shape index (κ1) is 15.6. The van der Waals surface area contributed by atoms with Gasteiger partial charge in [0.05, 0.1) is 0 Å². The third-order valence-corrected chi connectivity index (χ3v) is 4.58. The van der Waals surface area contributed by atoms with Gasteiger partial charge in [-0.3, -0.25) is 0 Å². The molecule has 0 fully saturated rings. The van der Waals surface area contributed by atoms with E-state index in [4.69, 9.17) is 11.6 Å². The smallest absolute Gasteiger partial charge is 0.0447 e. The quantitative estimate of drug-likeness (QED) is 0.780. The molecule has 2 aromatic carbocycles. The minimum absolute atomic E-state index is 0.764. The van der Waals surface area contributed by atoms with Gasteiger partial charge in [0.15, 0.2) is 0 Å². The number of aryl methyl sites for hydroxylation is 1. The Balaban J connectivity index is 2.05. The van der Waals surface area contributed by atoms with Gasteiger partial charge >= 0.3 is 0 Å². The van der Waals surface area contributed by atoms with Crippen LogP contribution in [-0.4, -0.2) is 0 Å². The lowest BCUT2D eigenvalue weighted by atomic mass is 9.84. The normalized spacial score (nSPS) is 13.3. The summed E-state index contributed by atoms with van der Waals surface area (Å²) in [5, 5.41) is 4.01. The predicted molar refractivity (Wildman–Crippen MR) is 100 cm³/mol. The average Bonchev–Trinajstić information content (AvgIpc) is 2.54. The molecule has 0 heterocycles. The SMILES string of the molecule is C=CNCc1cc(C)ccc1C1=CC(=C)c2cccc(Cl)c2C1. The van der Waals surface area contributed by atoms with E-state index < -0.39 is 0 Å². The fraction of sp³-hybridized carbons (Fsp3) is 0.143. The largest absolute Gasteiger partial charge is 0.387 e. The molecule has 0 spiro atoms. The second-order valence-corrected chi connectivity index (χ2v) is 6.29. The monoisotopic (exact) mass is 321 g/mol. The van der Waals surface area contributed by atoms with Crippen molar-refractivity contribution < 1.29 is 0 Å². The molecule has 0 bridgehead atoms. The van der Waals surface area contributed by atoms with Crippen LogP contribution in [0.25, 0.3) is 11.1 Å². The van der Waals surface area contributed by atoms with Gasteiger partial charge in [-0.15, -0.1) is 0 Å². The van der Waals surface area contributed by atoms with E-state index in [0.717, 1.165) is 29.1 Å². The molecule has 0 unspecified atom stereocenters. The Kier molecular flexibility index (Phi) is 4.40. The highest BCUT2D eigenvalue weighted by Crippen LogP contribution is 2.37. The fourth-order valence-corrected chi connectivity index (χ4v) is 3.35. The van der Waals surface area contributed by atoms with Crippen molar-refractivity contribution in [3.63, 3.8) is 0 Å². The predicted octanol–water partition coefficient (Wildman–Crippen LogP) is 5.53. The van der Waals surface area contributed by atoms with Crippen molar-refractivity contribution in [3.05, 3.63) is 94.7 Å². The van der Waals surface area contributed by atoms with Crippen molar-refractivity contribution in [1.29, 1.82) is 0 Å². The van der Waals surface area contributed by atoms with E-state index in [9.17, 15) is 0 Å². The topological polar surface area (TPSA) is 12.0 Å². The molecule has 0 radical (unpaired) electrons. The van der Waals surface area contributed by atoms with Gasteiger partial charge in [0.2, 0.25) is 0 Å². The second-order valence-electron chi connectivity index (χ2n) is 5.88. The summed E-state index contributed by atoms with van der Waals surface area (Å²) in [5.41, 5.74) is 8.36. The first-order valence-electron chi connectivity index (χ1n) is 7.71. The molecule has 1 aliphatic rings. The Morgan fingerprint density at radius 3 is 2.83 bits per heavy atom. The first-order valence-corrected chi connectivity index (χ1v) is 8.09. The van der Waals surface area contributed by atoms with Gasteiger partial charge in [-0.1, -0.05) is 66.7 Å². The third kappa shape index (κ3) is 3.11. The Morgan fingerprint density at radius 2 is 2.04 bits per heavy atom. The van der Waals surface area contributed by atoms with Gasteiger partial charge in [0.25, 0.3) is 0 Å². The van der Waals surface area contributed by atoms with Gasteiger partial charge < -0.3 is 5.32 Å². The number of hydrogen-bond acceptors (Lipinski definition) is 1. The summed E-state index contributed by atoms with van der Waals surface area (Å²) < 4.78 is 0. The molecular formula is C21H20ClN. The van der Waals surface area contributed by atoms with Crippen LogP contribution < -0.4 is 5.32 Å². The molecule has 1 N–H and O–H groups in total. The van der Waals surface area contributed by atoms with Gasteiger partial charge in [0.1, 0.15) is 0 Å². The Bertz CT molecular complexity index is 815. The summed E-state index contributed by atoms with van der Waals surface area (Å²) in [7, 11) is 0. The summed E-state index contributed by atoms with van der Waals surface area (Å²) >= 11 is 6.41. The summed E-state index contributed by atoms with van der Waals surface area (Å²) in [6.07, 6.45) is 4.74. The fourth-order valence-electron chi connectivity index (χ4n) is 3.11. The standard InChI is InChI=1S/C21H20ClN/c1-4-23-13-17-10-14(2)8-9-19(17)16-11-15(3)18-6-5-7-21(22)20(18)12-16/h4-11,23H,1,3,12-13H2,2H3. The van der Waals surface area contributed by atoms with E-state index in [0.29, 0.717) is 0 Å². The molecule has 0 aliphatic heterocycles. The van der Waals surface area contributed by atoms with Crippen LogP contribution in [0.15, 0.2) is 61.8 Å². The molecule has 116 valence electrons. The van der Waals surface area contributed by atoms with Crippen molar-refractivity contribution in [1.82, 2.24) is 5.32 Å². The van der Waals surface area contributed by atoms with Gasteiger partial charge in [-0.05, 0) is 52.6 Å². The maximum atomic E-state index is 6.41. The molecule has 0 amide bonds. The number of fused-ring (bicyclic) bond motifs is 1. The molecule has 0 saturated heterocycles. The van der Waals surface area contributed by atoms with E-state index in [-0.39, 0.29) is 0 Å². The molecule has 3 rings (SSSR count). The molecule has 1 nitrogen and oxygen atoms in total. The van der Waals surface area contributed by atoms with Gasteiger partial charge in [0, 0.05) is 18.0 Å². The van der Waals surface area contributed by atoms with Gasteiger partial charge in [-0.25, -0.2) is 0 Å². The number of nitrogens with one attached hydrogen (secondary N) is 1. The van der Waals surface area contributed by atoms with E-state index in [1.54, 1.807) is 6.20 Å². The molecule has 0 atom stereocenters. The number of allylic oxidation sites excluding steroid dienone is 3. The minimum atomic E-state index is 0.764. The van der Waals surface area contributed by atoms with Crippen molar-refractivity contribution in [2.24, 2.45) is 0 Å². The van der Waals surface area contributed by atoms with Crippen LogP contribution in [0.3, 0.4) is 0 Å². The second kappa shape index (κ2) is 6.47. The van der Waals surface area contributed by atoms with E-state index in [1.807, 2.05) is 12.1 Å². The van der Waals surface area contributed by atoms with Crippen molar-refractivity contribution in [2.45, 2.75) is 19.9 Å². The zero-order chi connectivity index (χ0) is 16.4. The molecule has 0 saturated carbocycles. The van der Waals surface area contributed by atoms with Crippen molar-refractivity contribution in [2.75, 3.05) is 0 Å². The molecule has 1 aliphatic carbocycles. The third-order valence-electron chi connectivity index (χ3n) is 4.22. The first-order chi connectivity index (χ1) is 11.1. The van der Waals surface area contributed by atoms with Crippen molar-refractivity contribution >= 4 is 22.7 Å². The highest BCUT2D eigenvalue weighted by Gasteiger charge is 2.19. The molecule has 23 heavy (non-hydrogen) atoms. The summed E-state index contributed by atoms with van der Waals surface area (Å²) in [4.78, 5) is 0. The van der Waals surface area contributed by atoms with Crippen molar-refractivity contribution in [3.8, 4) is 0 Å². The Morgan fingerprint density at radius 1 is 1.22 bits per heavy atom. The van der Waals surface area contributed by atoms with Crippen LogP contribution in [0.4, 0.5) is 0 Å². The minimum Gasteiger partial charge on any atom is -0.387 e. The van der Waals surface area contributed by atoms with Crippen LogP contribution in [0.5, 0.6) is 0 Å². The van der Waals surface area contributed by atoms with Crippen LogP contribution in [0, 0.1) is 6.92 Å². The molecular weight excluding hydrogens is 302 g/mol. The zero-order valence-electron chi connectivity index (χ0n) is 13.3. The molecule has 2 aromatic rings. The summed E-state index contributed by atoms with van der Waals surface area (Å²) in [6, 6.07) is 12.6. The maximum Gasteiger partial charge on any atom is 0.0447 e. The number of halogens is 1. The molecule has 2 heteroatoms. The lowest BCUT2D eigenvalue weighted by Crippen LogP contribution is -2.09. The van der Waals surface area contributed by atoms with Crippen LogP contribution in [0.1, 0.15) is 27.8 Å². The lowest BCUT2D eigenvalue weighted by molar-refractivity contribution is 0.867. The Hall–Kier alpha value is -2.25. The molecule has 0 aromatic heterocycles. The van der Waals surface area contributed by atoms with E-state index >= 15 is 0 Å². The van der Waals surface area contributed by atoms with E-state index in [2.05, 4.69) is 55.7 Å². The lowest BCUT2D eigenvalue weighted by Gasteiger charge is -2.22. The highest BCUT2D eigenvalue weighted by molar-refractivity contribution is 6.31. The summed E-state index contributed by atoms with van der Waals surface area (Å²) in [6.45, 7) is 10.8. The Labute approximate surface area is 143 Å².